The molecular formula is C10H10Cl2N4O2S. The van der Waals surface area contributed by atoms with Gasteiger partial charge in [-0.05, 0) is 30.3 Å². The number of hydrogen-bond donors (Lipinski definition) is 1. The number of hydrogen-bond acceptors (Lipinski definition) is 5. The normalized spacial score (nSPS) is 11.8. The lowest BCUT2D eigenvalue weighted by Gasteiger charge is -2.18. The minimum Gasteiger partial charge on any atom is -0.481 e. The molecule has 0 aliphatic carbocycles. The maximum atomic E-state index is 11.1. The van der Waals surface area contributed by atoms with Gasteiger partial charge in [-0.3, -0.25) is 4.79 Å². The smallest absolute Gasteiger partial charge is 0.310 e. The van der Waals surface area contributed by atoms with Crippen LogP contribution in [0.4, 0.5) is 0 Å². The molecule has 0 radical (unpaired) electrons. The molecule has 19 heavy (non-hydrogen) atoms. The summed E-state index contributed by atoms with van der Waals surface area (Å²) >= 11 is 13.1. The maximum Gasteiger partial charge on any atom is 0.310 e. The third kappa shape index (κ3) is 2.88. The van der Waals surface area contributed by atoms with Crippen LogP contribution in [0.2, 0.25) is 8.67 Å². The van der Waals surface area contributed by atoms with Crippen molar-refractivity contribution in [3.63, 3.8) is 0 Å². The quantitative estimate of drug-likeness (QED) is 0.936. The number of aromatic nitrogens is 4. The van der Waals surface area contributed by atoms with Crippen molar-refractivity contribution in [3.05, 3.63) is 14.7 Å². The minimum absolute atomic E-state index is 0.133. The first-order valence-corrected chi connectivity index (χ1v) is 6.83. The zero-order valence-corrected chi connectivity index (χ0v) is 12.4. The average molecular weight is 321 g/mol. The van der Waals surface area contributed by atoms with Gasteiger partial charge >= 0.3 is 5.97 Å². The molecule has 0 fully saturated rings. The fourth-order valence-corrected chi connectivity index (χ4v) is 2.89. The lowest BCUT2D eigenvalue weighted by Crippen LogP contribution is -2.30. The summed E-state index contributed by atoms with van der Waals surface area (Å²) in [6.07, 6.45) is 0. The number of carboxylic acid groups (broad SMARTS) is 1. The highest BCUT2D eigenvalue weighted by Gasteiger charge is 2.30. The van der Waals surface area contributed by atoms with Crippen LogP contribution in [0.25, 0.3) is 11.4 Å². The van der Waals surface area contributed by atoms with Crippen molar-refractivity contribution in [1.29, 1.82) is 0 Å². The van der Waals surface area contributed by atoms with Crippen molar-refractivity contribution in [1.82, 2.24) is 20.2 Å². The predicted octanol–water partition coefficient (Wildman–Crippen LogP) is 2.82. The second-order valence-corrected chi connectivity index (χ2v) is 6.87. The van der Waals surface area contributed by atoms with E-state index in [9.17, 15) is 4.79 Å². The van der Waals surface area contributed by atoms with Crippen molar-refractivity contribution < 1.29 is 9.90 Å². The summed E-state index contributed by atoms with van der Waals surface area (Å²) in [5, 5.41) is 20.4. The van der Waals surface area contributed by atoms with E-state index < -0.39 is 11.4 Å². The van der Waals surface area contributed by atoms with E-state index in [0.717, 1.165) is 0 Å². The lowest BCUT2D eigenvalue weighted by molar-refractivity contribution is -0.147. The van der Waals surface area contributed by atoms with Gasteiger partial charge in [0.15, 0.2) is 5.82 Å². The summed E-state index contributed by atoms with van der Waals surface area (Å²) in [7, 11) is 0. The Kier molecular flexibility index (Phi) is 3.80. The summed E-state index contributed by atoms with van der Waals surface area (Å²) in [5.74, 6) is -0.522. The Labute approximate surface area is 122 Å². The van der Waals surface area contributed by atoms with Crippen LogP contribution in [0.1, 0.15) is 13.8 Å². The number of tetrazole rings is 1. The van der Waals surface area contributed by atoms with Crippen LogP contribution in [-0.2, 0) is 11.3 Å². The van der Waals surface area contributed by atoms with E-state index in [1.807, 2.05) is 0 Å². The number of aliphatic carboxylic acids is 1. The van der Waals surface area contributed by atoms with Gasteiger partial charge in [0.25, 0.3) is 0 Å². The molecule has 1 N–H and O–H groups in total. The zero-order chi connectivity index (χ0) is 14.2. The molecule has 2 aromatic rings. The van der Waals surface area contributed by atoms with Crippen molar-refractivity contribution in [2.24, 2.45) is 5.41 Å². The van der Waals surface area contributed by atoms with Gasteiger partial charge in [0.05, 0.1) is 21.9 Å². The SMILES string of the molecule is CC(C)(Cn1nnnc1-c1cc(Cl)sc1Cl)C(=O)O. The monoisotopic (exact) mass is 320 g/mol. The summed E-state index contributed by atoms with van der Waals surface area (Å²) in [6.45, 7) is 3.33. The first-order chi connectivity index (χ1) is 8.81. The number of nitrogens with zero attached hydrogens (tertiary/aromatic N) is 4. The van der Waals surface area contributed by atoms with Gasteiger partial charge in [0.1, 0.15) is 4.34 Å². The van der Waals surface area contributed by atoms with E-state index in [1.54, 1.807) is 19.9 Å². The number of thiophene rings is 1. The molecule has 2 aromatic heterocycles. The van der Waals surface area contributed by atoms with Gasteiger partial charge in [-0.2, -0.15) is 0 Å². The number of carbonyl (C=O) groups is 1. The molecule has 0 aliphatic rings. The fraction of sp³-hybridized carbons (Fsp3) is 0.400. The maximum absolute atomic E-state index is 11.1. The molecule has 0 unspecified atom stereocenters. The molecule has 102 valence electrons. The molecule has 2 rings (SSSR count). The van der Waals surface area contributed by atoms with Crippen LogP contribution in [0.3, 0.4) is 0 Å². The standard InChI is InChI=1S/C10H10Cl2N4O2S/c1-10(2,9(17)18)4-16-8(13-14-15-16)5-3-6(11)19-7(5)12/h3H,4H2,1-2H3,(H,17,18). The Morgan fingerprint density at radius 2 is 2.21 bits per heavy atom. The van der Waals surface area contributed by atoms with E-state index in [0.29, 0.717) is 20.1 Å². The van der Waals surface area contributed by atoms with Crippen molar-refractivity contribution in [2.75, 3.05) is 0 Å². The second-order valence-electron chi connectivity index (χ2n) is 4.59. The van der Waals surface area contributed by atoms with Crippen LogP contribution < -0.4 is 0 Å². The van der Waals surface area contributed by atoms with E-state index in [2.05, 4.69) is 15.5 Å². The topological polar surface area (TPSA) is 80.9 Å². The Balaban J connectivity index is 2.38. The first-order valence-electron chi connectivity index (χ1n) is 5.26. The van der Waals surface area contributed by atoms with Crippen LogP contribution in [0.15, 0.2) is 6.07 Å². The molecule has 6 nitrogen and oxygen atoms in total. The molecule has 9 heteroatoms. The zero-order valence-electron chi connectivity index (χ0n) is 10.1. The Morgan fingerprint density at radius 1 is 1.53 bits per heavy atom. The second kappa shape index (κ2) is 5.07. The molecule has 0 aromatic carbocycles. The van der Waals surface area contributed by atoms with Gasteiger partial charge in [-0.1, -0.05) is 23.2 Å². The molecule has 2 heterocycles. The Morgan fingerprint density at radius 3 is 2.74 bits per heavy atom. The predicted molar refractivity (Wildman–Crippen MR) is 72.6 cm³/mol. The molecule has 0 spiro atoms. The Bertz CT molecular complexity index is 623. The first kappa shape index (κ1) is 14.2. The third-order valence-corrected chi connectivity index (χ3v) is 4.04. The molecule has 0 saturated heterocycles. The van der Waals surface area contributed by atoms with Crippen molar-refractivity contribution in [3.8, 4) is 11.4 Å². The molecule has 0 saturated carbocycles. The van der Waals surface area contributed by atoms with Crippen LogP contribution in [0, 0.1) is 5.41 Å². The van der Waals surface area contributed by atoms with Crippen LogP contribution in [0.5, 0.6) is 0 Å². The molecule has 0 aliphatic heterocycles. The minimum atomic E-state index is -0.990. The lowest BCUT2D eigenvalue weighted by atomic mass is 9.94. The fourth-order valence-electron chi connectivity index (χ4n) is 1.44. The summed E-state index contributed by atoms with van der Waals surface area (Å²) in [5.41, 5.74) is -0.390. The van der Waals surface area contributed by atoms with Gasteiger partial charge in [0.2, 0.25) is 0 Å². The van der Waals surface area contributed by atoms with E-state index in [-0.39, 0.29) is 6.54 Å². The summed E-state index contributed by atoms with van der Waals surface area (Å²) < 4.78 is 2.40. The van der Waals surface area contributed by atoms with E-state index in [4.69, 9.17) is 28.3 Å². The van der Waals surface area contributed by atoms with E-state index in [1.165, 1.54) is 16.0 Å². The van der Waals surface area contributed by atoms with Gasteiger partial charge < -0.3 is 5.11 Å². The highest BCUT2D eigenvalue weighted by Crippen LogP contribution is 2.37. The highest BCUT2D eigenvalue weighted by molar-refractivity contribution is 7.20. The van der Waals surface area contributed by atoms with Crippen LogP contribution in [-0.4, -0.2) is 31.3 Å². The summed E-state index contributed by atoms with van der Waals surface area (Å²) in [4.78, 5) is 11.1. The number of halogens is 2. The molecular weight excluding hydrogens is 311 g/mol. The third-order valence-electron chi connectivity index (χ3n) is 2.55. The summed E-state index contributed by atoms with van der Waals surface area (Å²) in [6, 6.07) is 1.66. The van der Waals surface area contributed by atoms with Gasteiger partial charge in [0, 0.05) is 0 Å². The largest absolute Gasteiger partial charge is 0.481 e. The van der Waals surface area contributed by atoms with Crippen molar-refractivity contribution in [2.45, 2.75) is 20.4 Å². The number of rotatable bonds is 4. The molecule has 0 bridgehead atoms. The van der Waals surface area contributed by atoms with Gasteiger partial charge in [-0.25, -0.2) is 4.68 Å². The van der Waals surface area contributed by atoms with Crippen molar-refractivity contribution >= 4 is 40.5 Å². The molecule has 0 atom stereocenters. The Hall–Kier alpha value is -1.18. The average Bonchev–Trinajstić information content (AvgIpc) is 2.84. The van der Waals surface area contributed by atoms with E-state index >= 15 is 0 Å². The van der Waals surface area contributed by atoms with Gasteiger partial charge in [-0.15, -0.1) is 16.4 Å². The molecule has 0 amide bonds. The van der Waals surface area contributed by atoms with Crippen LogP contribution >= 0.6 is 34.5 Å². The number of carboxylic acids is 1. The highest BCUT2D eigenvalue weighted by atomic mass is 35.5.